The Morgan fingerprint density at radius 3 is 2.86 bits per heavy atom. The molecule has 1 aromatic carbocycles. The van der Waals surface area contributed by atoms with Gasteiger partial charge >= 0.3 is 0 Å². The number of hydrogen-bond donors (Lipinski definition) is 2. The molecule has 0 atom stereocenters. The van der Waals surface area contributed by atoms with Gasteiger partial charge in [-0.15, -0.1) is 0 Å². The number of nitrogens with zero attached hydrogens (tertiary/aromatic N) is 1. The molecule has 106 valence electrons. The van der Waals surface area contributed by atoms with Gasteiger partial charge in [-0.3, -0.25) is 4.79 Å². The summed E-state index contributed by atoms with van der Waals surface area (Å²) in [6, 6.07) is 7.85. The summed E-state index contributed by atoms with van der Waals surface area (Å²) in [6.45, 7) is 1.62. The first-order valence-electron chi connectivity index (χ1n) is 6.23. The van der Waals surface area contributed by atoms with Crippen molar-refractivity contribution in [3.05, 3.63) is 59.2 Å². The van der Waals surface area contributed by atoms with E-state index < -0.39 is 11.7 Å². The zero-order valence-corrected chi connectivity index (χ0v) is 11.4. The number of carbonyl (C=O) groups excluding carboxylic acids is 1. The molecule has 1 amide bonds. The number of carbonyl (C=O) groups is 1. The fraction of sp³-hybridized carbons (Fsp3) is 0.125. The summed E-state index contributed by atoms with van der Waals surface area (Å²) < 4.78 is 12.8. The molecule has 0 aliphatic carbocycles. The Kier molecular flexibility index (Phi) is 4.64. The van der Waals surface area contributed by atoms with Crippen molar-refractivity contribution in [2.45, 2.75) is 6.92 Å². The fourth-order valence-corrected chi connectivity index (χ4v) is 1.70. The summed E-state index contributed by atoms with van der Waals surface area (Å²) in [7, 11) is 0. The smallest absolute Gasteiger partial charge is 0.274 e. The number of pyridine rings is 1. The Morgan fingerprint density at radius 2 is 2.19 bits per heavy atom. The number of amides is 1. The zero-order chi connectivity index (χ0) is 15.2. The van der Waals surface area contributed by atoms with Crippen molar-refractivity contribution in [1.82, 2.24) is 4.98 Å². The van der Waals surface area contributed by atoms with Crippen LogP contribution < -0.4 is 5.32 Å². The Labute approximate surface area is 121 Å². The third-order valence-electron chi connectivity index (χ3n) is 2.69. The molecule has 21 heavy (non-hydrogen) atoms. The Balaban J connectivity index is 2.27. The van der Waals surface area contributed by atoms with Crippen molar-refractivity contribution in [3.63, 3.8) is 0 Å². The molecule has 4 nitrogen and oxygen atoms in total. The Morgan fingerprint density at radius 1 is 1.38 bits per heavy atom. The first-order chi connectivity index (χ1) is 10.1. The van der Waals surface area contributed by atoms with Crippen LogP contribution in [0.5, 0.6) is 0 Å². The molecule has 0 radical (unpaired) electrons. The van der Waals surface area contributed by atoms with Crippen LogP contribution in [0.15, 0.2) is 36.5 Å². The van der Waals surface area contributed by atoms with Gasteiger partial charge in [0.15, 0.2) is 0 Å². The molecule has 1 aromatic heterocycles. The highest BCUT2D eigenvalue weighted by atomic mass is 19.1. The van der Waals surface area contributed by atoms with Gasteiger partial charge in [0.05, 0.1) is 11.9 Å². The average Bonchev–Trinajstić information content (AvgIpc) is 2.47. The summed E-state index contributed by atoms with van der Waals surface area (Å²) >= 11 is 0. The molecule has 0 aliphatic heterocycles. The number of hydrogen-bond acceptors (Lipinski definition) is 3. The number of aromatic nitrogens is 1. The van der Waals surface area contributed by atoms with Crippen molar-refractivity contribution in [2.24, 2.45) is 0 Å². The first kappa shape index (κ1) is 14.7. The van der Waals surface area contributed by atoms with Crippen LogP contribution in [0.25, 0.3) is 0 Å². The van der Waals surface area contributed by atoms with Gasteiger partial charge in [-0.1, -0.05) is 17.9 Å². The second-order valence-corrected chi connectivity index (χ2v) is 4.32. The second kappa shape index (κ2) is 6.64. The minimum absolute atomic E-state index is 0.110. The molecule has 2 N–H and O–H groups in total. The van der Waals surface area contributed by atoms with Gasteiger partial charge in [-0.05, 0) is 36.8 Å². The van der Waals surface area contributed by atoms with E-state index in [1.165, 1.54) is 12.1 Å². The Bertz CT molecular complexity index is 715. The maximum absolute atomic E-state index is 12.8. The number of aliphatic hydroxyl groups is 1. The van der Waals surface area contributed by atoms with Crippen molar-refractivity contribution < 1.29 is 14.3 Å². The maximum atomic E-state index is 12.8. The van der Waals surface area contributed by atoms with Crippen LogP contribution >= 0.6 is 0 Å². The SMILES string of the molecule is Cc1ccc(C#CCO)c(NC(=O)c2ccc(F)cn2)c1. The highest BCUT2D eigenvalue weighted by Gasteiger charge is 2.10. The minimum Gasteiger partial charge on any atom is -0.384 e. The van der Waals surface area contributed by atoms with E-state index >= 15 is 0 Å². The summed E-state index contributed by atoms with van der Waals surface area (Å²) in [5, 5.41) is 11.4. The lowest BCUT2D eigenvalue weighted by Crippen LogP contribution is -2.14. The first-order valence-corrected chi connectivity index (χ1v) is 6.23. The number of rotatable bonds is 2. The van der Waals surface area contributed by atoms with E-state index in [1.807, 2.05) is 13.0 Å². The molecule has 5 heteroatoms. The molecule has 0 unspecified atom stereocenters. The number of nitrogens with one attached hydrogen (secondary N) is 1. The third-order valence-corrected chi connectivity index (χ3v) is 2.69. The molecule has 0 bridgehead atoms. The highest BCUT2D eigenvalue weighted by Crippen LogP contribution is 2.17. The van der Waals surface area contributed by atoms with E-state index in [4.69, 9.17) is 5.11 Å². The lowest BCUT2D eigenvalue weighted by atomic mass is 10.1. The maximum Gasteiger partial charge on any atom is 0.274 e. The molecule has 0 saturated heterocycles. The summed E-state index contributed by atoms with van der Waals surface area (Å²) in [4.78, 5) is 15.8. The topological polar surface area (TPSA) is 62.2 Å². The zero-order valence-electron chi connectivity index (χ0n) is 11.4. The van der Waals surface area contributed by atoms with Gasteiger partial charge in [-0.25, -0.2) is 9.37 Å². The van der Waals surface area contributed by atoms with Gasteiger partial charge < -0.3 is 10.4 Å². The number of benzene rings is 1. The Hall–Kier alpha value is -2.71. The number of aryl methyl sites for hydroxylation is 1. The minimum atomic E-state index is -0.503. The van der Waals surface area contributed by atoms with Crippen molar-refractivity contribution in [2.75, 3.05) is 11.9 Å². The molecular weight excluding hydrogens is 271 g/mol. The quantitative estimate of drug-likeness (QED) is 0.830. The summed E-state index contributed by atoms with van der Waals surface area (Å²) in [6.07, 6.45) is 0.984. The fourth-order valence-electron chi connectivity index (χ4n) is 1.70. The van der Waals surface area contributed by atoms with Crippen molar-refractivity contribution in [3.8, 4) is 11.8 Å². The molecule has 0 fully saturated rings. The van der Waals surface area contributed by atoms with Crippen LogP contribution in [0.1, 0.15) is 21.6 Å². The molecule has 0 spiro atoms. The summed E-state index contributed by atoms with van der Waals surface area (Å²) in [5.41, 5.74) is 2.17. The van der Waals surface area contributed by atoms with E-state index in [2.05, 4.69) is 22.1 Å². The van der Waals surface area contributed by atoms with Gasteiger partial charge in [0.25, 0.3) is 5.91 Å². The number of aliphatic hydroxyl groups excluding tert-OH is 1. The van der Waals surface area contributed by atoms with Gasteiger partial charge in [0, 0.05) is 5.56 Å². The normalized spacial score (nSPS) is 9.67. The van der Waals surface area contributed by atoms with Gasteiger partial charge in [0.1, 0.15) is 18.1 Å². The van der Waals surface area contributed by atoms with Gasteiger partial charge in [0.2, 0.25) is 0 Å². The van der Waals surface area contributed by atoms with E-state index in [0.29, 0.717) is 11.3 Å². The van der Waals surface area contributed by atoms with E-state index in [9.17, 15) is 9.18 Å². The van der Waals surface area contributed by atoms with E-state index in [1.54, 1.807) is 12.1 Å². The molecule has 1 heterocycles. The second-order valence-electron chi connectivity index (χ2n) is 4.32. The highest BCUT2D eigenvalue weighted by molar-refractivity contribution is 6.03. The predicted octanol–water partition coefficient (Wildman–Crippen LogP) is 2.13. The molecule has 0 saturated carbocycles. The lowest BCUT2D eigenvalue weighted by molar-refractivity contribution is 0.102. The largest absolute Gasteiger partial charge is 0.384 e. The number of anilines is 1. The summed E-state index contributed by atoms with van der Waals surface area (Å²) in [5.74, 6) is 4.34. The van der Waals surface area contributed by atoms with Crippen LogP contribution in [-0.2, 0) is 0 Å². The molecule has 2 aromatic rings. The molecular formula is C16H13FN2O2. The van der Waals surface area contributed by atoms with Crippen molar-refractivity contribution >= 4 is 11.6 Å². The third kappa shape index (κ3) is 3.88. The lowest BCUT2D eigenvalue weighted by Gasteiger charge is -2.08. The van der Waals surface area contributed by atoms with E-state index in [-0.39, 0.29) is 12.3 Å². The average molecular weight is 284 g/mol. The van der Waals surface area contributed by atoms with Crippen LogP contribution in [0.3, 0.4) is 0 Å². The number of halogens is 1. The molecule has 2 rings (SSSR count). The van der Waals surface area contributed by atoms with Crippen LogP contribution in [0.2, 0.25) is 0 Å². The molecule has 0 aliphatic rings. The van der Waals surface area contributed by atoms with E-state index in [0.717, 1.165) is 11.8 Å². The van der Waals surface area contributed by atoms with Crippen molar-refractivity contribution in [1.29, 1.82) is 0 Å². The standard InChI is InChI=1S/C16H13FN2O2/c1-11-4-5-12(3-2-8-20)15(9-11)19-16(21)14-7-6-13(17)10-18-14/h4-7,9-10,20H,8H2,1H3,(H,19,21). The predicted molar refractivity (Wildman–Crippen MR) is 77.3 cm³/mol. The van der Waals surface area contributed by atoms with Crippen LogP contribution in [0.4, 0.5) is 10.1 Å². The van der Waals surface area contributed by atoms with Crippen LogP contribution in [0, 0.1) is 24.6 Å². The van der Waals surface area contributed by atoms with Crippen LogP contribution in [-0.4, -0.2) is 22.6 Å². The van der Waals surface area contributed by atoms with Gasteiger partial charge in [-0.2, -0.15) is 0 Å². The monoisotopic (exact) mass is 284 g/mol.